The normalized spacial score (nSPS) is 10.6. The number of aryl methyl sites for hydroxylation is 1. The Labute approximate surface area is 144 Å². The van der Waals surface area contributed by atoms with Crippen LogP contribution in [0.3, 0.4) is 0 Å². The maximum Gasteiger partial charge on any atom is 0.339 e. The average Bonchev–Trinajstić information content (AvgIpc) is 2.56. The third kappa shape index (κ3) is 4.14. The summed E-state index contributed by atoms with van der Waals surface area (Å²) >= 11 is 6.05. The molecule has 5 nitrogen and oxygen atoms in total. The second-order valence-electron chi connectivity index (χ2n) is 5.05. The third-order valence-corrected chi connectivity index (χ3v) is 3.64. The maximum absolute atomic E-state index is 12.0. The van der Waals surface area contributed by atoms with Gasteiger partial charge in [-0.2, -0.15) is 0 Å². The van der Waals surface area contributed by atoms with Crippen LogP contribution in [0, 0.1) is 6.92 Å². The van der Waals surface area contributed by atoms with Gasteiger partial charge in [0.05, 0.1) is 17.8 Å². The molecule has 0 radical (unpaired) electrons. The summed E-state index contributed by atoms with van der Waals surface area (Å²) < 4.78 is 5.04. The smallest absolute Gasteiger partial charge is 0.339 e. The fourth-order valence-corrected chi connectivity index (χ4v) is 2.24. The van der Waals surface area contributed by atoms with Crippen LogP contribution in [0.2, 0.25) is 5.02 Å². The van der Waals surface area contributed by atoms with E-state index < -0.39 is 5.97 Å². The number of halogens is 1. The number of methoxy groups -OCH3 is 1. The lowest BCUT2D eigenvalue weighted by Gasteiger charge is -2.10. The Bertz CT molecular complexity index is 797. The summed E-state index contributed by atoms with van der Waals surface area (Å²) in [5, 5.41) is 12.2. The van der Waals surface area contributed by atoms with Gasteiger partial charge in [-0.3, -0.25) is 4.79 Å². The van der Waals surface area contributed by atoms with Crippen molar-refractivity contribution in [1.29, 1.82) is 0 Å². The first-order chi connectivity index (χ1) is 11.4. The molecule has 2 aromatic rings. The monoisotopic (exact) mass is 345 g/mol. The van der Waals surface area contributed by atoms with Crippen molar-refractivity contribution in [2.75, 3.05) is 12.4 Å². The van der Waals surface area contributed by atoms with Crippen LogP contribution in [0.5, 0.6) is 5.75 Å². The van der Waals surface area contributed by atoms with Crippen molar-refractivity contribution in [2.45, 2.75) is 6.92 Å². The standard InChI is InChI=1S/C18H16ClNO4/c1-11-3-5-12(6-4-11)16(21)7-8-20-15-10-17(24-2)13(18(22)23)9-14(15)19/h3-10,20H,1-2H3,(H,22,23)/b8-7-. The van der Waals surface area contributed by atoms with Gasteiger partial charge in [0.15, 0.2) is 5.78 Å². The van der Waals surface area contributed by atoms with E-state index in [0.717, 1.165) is 5.56 Å². The van der Waals surface area contributed by atoms with E-state index in [-0.39, 0.29) is 22.1 Å². The highest BCUT2D eigenvalue weighted by atomic mass is 35.5. The van der Waals surface area contributed by atoms with Crippen LogP contribution in [-0.2, 0) is 0 Å². The maximum atomic E-state index is 12.0. The number of benzene rings is 2. The molecule has 0 unspecified atom stereocenters. The molecule has 0 atom stereocenters. The molecule has 2 N–H and O–H groups in total. The summed E-state index contributed by atoms with van der Waals surface area (Å²) in [6.45, 7) is 1.95. The Kier molecular flexibility index (Phi) is 5.60. The van der Waals surface area contributed by atoms with Gasteiger partial charge in [-0.1, -0.05) is 41.4 Å². The van der Waals surface area contributed by atoms with Crippen LogP contribution in [-0.4, -0.2) is 24.0 Å². The molecule has 0 aliphatic carbocycles. The van der Waals surface area contributed by atoms with Gasteiger partial charge in [0.25, 0.3) is 0 Å². The largest absolute Gasteiger partial charge is 0.496 e. The van der Waals surface area contributed by atoms with E-state index in [1.54, 1.807) is 12.1 Å². The Balaban J connectivity index is 2.15. The van der Waals surface area contributed by atoms with Crippen molar-refractivity contribution >= 4 is 29.0 Å². The fraction of sp³-hybridized carbons (Fsp3) is 0.111. The molecule has 0 saturated heterocycles. The lowest BCUT2D eigenvalue weighted by molar-refractivity contribution is 0.0693. The summed E-state index contributed by atoms with van der Waals surface area (Å²) in [5.41, 5.74) is 2.05. The highest BCUT2D eigenvalue weighted by Crippen LogP contribution is 2.31. The van der Waals surface area contributed by atoms with Crippen molar-refractivity contribution in [3.05, 3.63) is 70.4 Å². The van der Waals surface area contributed by atoms with Crippen molar-refractivity contribution < 1.29 is 19.4 Å². The van der Waals surface area contributed by atoms with Crippen LogP contribution in [0.15, 0.2) is 48.7 Å². The molecular weight excluding hydrogens is 330 g/mol. The number of aromatic carboxylic acids is 1. The molecule has 0 amide bonds. The molecule has 0 fully saturated rings. The van der Waals surface area contributed by atoms with Crippen molar-refractivity contribution in [3.8, 4) is 5.75 Å². The minimum atomic E-state index is -1.13. The Morgan fingerprint density at radius 2 is 1.88 bits per heavy atom. The highest BCUT2D eigenvalue weighted by Gasteiger charge is 2.14. The van der Waals surface area contributed by atoms with Gasteiger partial charge in [0.2, 0.25) is 0 Å². The van der Waals surface area contributed by atoms with E-state index in [2.05, 4.69) is 5.32 Å². The molecule has 124 valence electrons. The molecule has 0 aromatic heterocycles. The summed E-state index contributed by atoms with van der Waals surface area (Å²) in [6, 6.07) is 9.98. The number of carboxylic acids is 1. The van der Waals surface area contributed by atoms with Crippen LogP contribution in [0.4, 0.5) is 5.69 Å². The molecule has 0 aliphatic heterocycles. The highest BCUT2D eigenvalue weighted by molar-refractivity contribution is 6.33. The molecule has 24 heavy (non-hydrogen) atoms. The zero-order chi connectivity index (χ0) is 17.7. The summed E-state index contributed by atoms with van der Waals surface area (Å²) in [4.78, 5) is 23.1. The third-order valence-electron chi connectivity index (χ3n) is 3.33. The number of ketones is 1. The number of allylic oxidation sites excluding steroid dienone is 1. The number of ether oxygens (including phenoxy) is 1. The molecule has 0 saturated carbocycles. The van der Waals surface area contributed by atoms with Crippen LogP contribution < -0.4 is 10.1 Å². The van der Waals surface area contributed by atoms with E-state index in [1.807, 2.05) is 19.1 Å². The summed E-state index contributed by atoms with van der Waals surface area (Å²) in [6.07, 6.45) is 2.82. The van der Waals surface area contributed by atoms with E-state index >= 15 is 0 Å². The number of anilines is 1. The Morgan fingerprint density at radius 3 is 2.46 bits per heavy atom. The number of hydrogen-bond acceptors (Lipinski definition) is 4. The van der Waals surface area contributed by atoms with Gasteiger partial charge in [-0.15, -0.1) is 0 Å². The Morgan fingerprint density at radius 1 is 1.21 bits per heavy atom. The van der Waals surface area contributed by atoms with E-state index in [0.29, 0.717) is 11.3 Å². The quantitative estimate of drug-likeness (QED) is 0.607. The lowest BCUT2D eigenvalue weighted by Crippen LogP contribution is -2.02. The topological polar surface area (TPSA) is 75.6 Å². The van der Waals surface area contributed by atoms with Gasteiger partial charge in [0, 0.05) is 23.9 Å². The first kappa shape index (κ1) is 17.6. The summed E-state index contributed by atoms with van der Waals surface area (Å²) in [5.74, 6) is -1.12. The number of carbonyl (C=O) groups is 2. The minimum absolute atomic E-state index is 0.0345. The number of carboxylic acid groups (broad SMARTS) is 1. The Hall–Kier alpha value is -2.79. The number of rotatable bonds is 6. The van der Waals surface area contributed by atoms with Gasteiger partial charge in [-0.05, 0) is 13.0 Å². The predicted octanol–water partition coefficient (Wildman–Crippen LogP) is 4.16. The SMILES string of the molecule is COc1cc(N/C=C\C(=O)c2ccc(C)cc2)c(Cl)cc1C(=O)O. The molecule has 6 heteroatoms. The minimum Gasteiger partial charge on any atom is -0.496 e. The second-order valence-corrected chi connectivity index (χ2v) is 5.45. The fourth-order valence-electron chi connectivity index (χ4n) is 2.02. The zero-order valence-electron chi connectivity index (χ0n) is 13.2. The predicted molar refractivity (Wildman–Crippen MR) is 93.2 cm³/mol. The second kappa shape index (κ2) is 7.66. The van der Waals surface area contributed by atoms with E-state index in [9.17, 15) is 9.59 Å². The van der Waals surface area contributed by atoms with Gasteiger partial charge < -0.3 is 15.2 Å². The molecular formula is C18H16ClNO4. The molecule has 0 aliphatic rings. The average molecular weight is 346 g/mol. The van der Waals surface area contributed by atoms with Gasteiger partial charge >= 0.3 is 5.97 Å². The van der Waals surface area contributed by atoms with Gasteiger partial charge in [0.1, 0.15) is 11.3 Å². The van der Waals surface area contributed by atoms with E-state index in [4.69, 9.17) is 21.4 Å². The number of hydrogen-bond donors (Lipinski definition) is 2. The van der Waals surface area contributed by atoms with Crippen LogP contribution in [0.1, 0.15) is 26.3 Å². The number of nitrogens with one attached hydrogen (secondary N) is 1. The number of carbonyl (C=O) groups excluding carboxylic acids is 1. The lowest BCUT2D eigenvalue weighted by atomic mass is 10.1. The first-order valence-electron chi connectivity index (χ1n) is 7.07. The molecule has 0 bridgehead atoms. The molecule has 0 heterocycles. The molecule has 0 spiro atoms. The first-order valence-corrected chi connectivity index (χ1v) is 7.45. The summed E-state index contributed by atoms with van der Waals surface area (Å²) in [7, 11) is 1.37. The van der Waals surface area contributed by atoms with Crippen molar-refractivity contribution in [3.63, 3.8) is 0 Å². The van der Waals surface area contributed by atoms with Crippen LogP contribution >= 0.6 is 11.6 Å². The van der Waals surface area contributed by atoms with Crippen LogP contribution in [0.25, 0.3) is 0 Å². The molecule has 2 rings (SSSR count). The van der Waals surface area contributed by atoms with Crippen molar-refractivity contribution in [1.82, 2.24) is 0 Å². The van der Waals surface area contributed by atoms with Crippen molar-refractivity contribution in [2.24, 2.45) is 0 Å². The van der Waals surface area contributed by atoms with E-state index in [1.165, 1.54) is 31.5 Å². The molecule has 2 aromatic carbocycles. The van der Waals surface area contributed by atoms with Gasteiger partial charge in [-0.25, -0.2) is 4.79 Å². The zero-order valence-corrected chi connectivity index (χ0v) is 13.9.